The van der Waals surface area contributed by atoms with Crippen molar-refractivity contribution in [2.24, 2.45) is 0 Å². The monoisotopic (exact) mass is 726 g/mol. The first kappa shape index (κ1) is 32.8. The number of rotatable bonds is 6. The van der Waals surface area contributed by atoms with E-state index in [1.807, 2.05) is 24.3 Å². The zero-order chi connectivity index (χ0) is 37.7. The summed E-state index contributed by atoms with van der Waals surface area (Å²) < 4.78 is 6.89. The average Bonchev–Trinajstić information content (AvgIpc) is 3.70. The van der Waals surface area contributed by atoms with E-state index in [9.17, 15) is 0 Å². The van der Waals surface area contributed by atoms with Crippen molar-refractivity contribution in [2.45, 2.75) is 0 Å². The molecule has 0 saturated carbocycles. The molecule has 57 heavy (non-hydrogen) atoms. The van der Waals surface area contributed by atoms with E-state index >= 15 is 0 Å². The van der Waals surface area contributed by atoms with Gasteiger partial charge in [-0.3, -0.25) is 0 Å². The Morgan fingerprint density at radius 2 is 0.754 bits per heavy atom. The van der Waals surface area contributed by atoms with E-state index in [0.717, 1.165) is 77.7 Å². The Kier molecular flexibility index (Phi) is 7.82. The number of furan rings is 1. The smallest absolute Gasteiger partial charge is 0.160 e. The molecule has 0 saturated heterocycles. The molecule has 0 atom stereocenters. The van der Waals surface area contributed by atoms with Crippen LogP contribution in [0.15, 0.2) is 211 Å². The topological polar surface area (TPSA) is 38.9 Å². The van der Waals surface area contributed by atoms with Crippen LogP contribution in [0.1, 0.15) is 0 Å². The zero-order valence-corrected chi connectivity index (χ0v) is 30.9. The summed E-state index contributed by atoms with van der Waals surface area (Å²) in [5.41, 5.74) is 13.4. The number of hydrogen-bond donors (Lipinski definition) is 0. The third kappa shape index (κ3) is 5.76. The third-order valence-electron chi connectivity index (χ3n) is 11.1. The first-order valence-corrected chi connectivity index (χ1v) is 19.3. The molecular weight excluding hydrogens is 693 g/mol. The van der Waals surface area contributed by atoms with Crippen molar-refractivity contribution in [1.29, 1.82) is 0 Å². The fourth-order valence-electron chi connectivity index (χ4n) is 8.30. The Labute approximate surface area is 330 Å². The van der Waals surface area contributed by atoms with Crippen LogP contribution in [0, 0.1) is 0 Å². The van der Waals surface area contributed by atoms with Gasteiger partial charge >= 0.3 is 0 Å². The van der Waals surface area contributed by atoms with Gasteiger partial charge in [0, 0.05) is 38.4 Å². The highest BCUT2D eigenvalue weighted by molar-refractivity contribution is 6.31. The maximum Gasteiger partial charge on any atom is 0.160 e. The van der Waals surface area contributed by atoms with Crippen molar-refractivity contribution in [3.8, 4) is 67.3 Å². The van der Waals surface area contributed by atoms with Gasteiger partial charge in [-0.25, -0.2) is 9.97 Å². The zero-order valence-electron chi connectivity index (χ0n) is 30.9. The van der Waals surface area contributed by atoms with E-state index in [1.54, 1.807) is 0 Å². The first-order chi connectivity index (χ1) is 28.2. The SMILES string of the molecule is c1ccc(-c2ccc(-c3cc(-c4cccc(-c5cccc(-c6cccc7c6oc6c8ccccc8c8ccccc8c76)c5)c4)nc(-c4ccccc4)n3)cc2)cc1. The van der Waals surface area contributed by atoms with Gasteiger partial charge in [0.15, 0.2) is 5.82 Å². The van der Waals surface area contributed by atoms with Crippen molar-refractivity contribution in [1.82, 2.24) is 9.97 Å². The van der Waals surface area contributed by atoms with Gasteiger partial charge in [-0.2, -0.15) is 0 Å². The minimum Gasteiger partial charge on any atom is -0.455 e. The van der Waals surface area contributed by atoms with Crippen molar-refractivity contribution in [3.05, 3.63) is 206 Å². The highest BCUT2D eigenvalue weighted by Crippen LogP contribution is 2.44. The number of para-hydroxylation sites is 1. The summed E-state index contributed by atoms with van der Waals surface area (Å²) in [4.78, 5) is 10.2. The van der Waals surface area contributed by atoms with E-state index in [1.165, 1.54) is 27.3 Å². The molecule has 3 nitrogen and oxygen atoms in total. The molecule has 0 fully saturated rings. The second-order valence-corrected chi connectivity index (χ2v) is 14.5. The Morgan fingerprint density at radius 1 is 0.281 bits per heavy atom. The van der Waals surface area contributed by atoms with Crippen LogP contribution in [0.3, 0.4) is 0 Å². The summed E-state index contributed by atoms with van der Waals surface area (Å²) in [6.45, 7) is 0. The fourth-order valence-corrected chi connectivity index (χ4v) is 8.30. The van der Waals surface area contributed by atoms with Gasteiger partial charge in [-0.1, -0.05) is 188 Å². The lowest BCUT2D eigenvalue weighted by molar-refractivity contribution is 0.674. The van der Waals surface area contributed by atoms with E-state index in [4.69, 9.17) is 14.4 Å². The molecule has 0 aliphatic heterocycles. The molecular formula is C54H34N2O. The van der Waals surface area contributed by atoms with Gasteiger partial charge < -0.3 is 4.42 Å². The van der Waals surface area contributed by atoms with E-state index in [0.29, 0.717) is 5.82 Å². The molecule has 11 aromatic rings. The summed E-state index contributed by atoms with van der Waals surface area (Å²) in [6.07, 6.45) is 0. The van der Waals surface area contributed by atoms with Gasteiger partial charge in [-0.15, -0.1) is 0 Å². The van der Waals surface area contributed by atoms with Gasteiger partial charge in [0.1, 0.15) is 11.2 Å². The van der Waals surface area contributed by atoms with Crippen LogP contribution in [0.2, 0.25) is 0 Å². The molecule has 266 valence electrons. The summed E-state index contributed by atoms with van der Waals surface area (Å²) >= 11 is 0. The van der Waals surface area contributed by atoms with Crippen LogP contribution in [0.25, 0.3) is 111 Å². The molecule has 0 radical (unpaired) electrons. The predicted molar refractivity (Wildman–Crippen MR) is 237 cm³/mol. The quantitative estimate of drug-likeness (QED) is 0.160. The summed E-state index contributed by atoms with van der Waals surface area (Å²) in [6, 6.07) is 72.6. The van der Waals surface area contributed by atoms with Crippen molar-refractivity contribution in [2.75, 3.05) is 0 Å². The average molecular weight is 727 g/mol. The number of hydrogen-bond acceptors (Lipinski definition) is 3. The Morgan fingerprint density at radius 3 is 1.47 bits per heavy atom. The van der Waals surface area contributed by atoms with Gasteiger partial charge in [0.2, 0.25) is 0 Å². The van der Waals surface area contributed by atoms with Crippen LogP contribution < -0.4 is 0 Å². The lowest BCUT2D eigenvalue weighted by Crippen LogP contribution is -1.96. The number of fused-ring (bicyclic) bond motifs is 8. The van der Waals surface area contributed by atoms with Crippen molar-refractivity contribution < 1.29 is 4.42 Å². The van der Waals surface area contributed by atoms with Crippen molar-refractivity contribution >= 4 is 43.5 Å². The maximum atomic E-state index is 6.89. The number of benzene rings is 9. The fraction of sp³-hybridized carbons (Fsp3) is 0. The third-order valence-corrected chi connectivity index (χ3v) is 11.1. The molecule has 0 bridgehead atoms. The standard InChI is InChI=1S/C54H34N2O/c1-3-14-35(15-4-1)36-28-30-37(31-29-36)49-34-50(56-54(55-49)38-16-5-2-6-17-38)42-21-12-19-40(33-42)39-18-11-20-41(32-39)43-26-13-27-48-51-46-24-9-7-22-44(46)45-23-8-10-25-47(45)53(51)57-52(43)48/h1-34H. The molecule has 2 heterocycles. The molecule has 0 aliphatic rings. The molecule has 0 unspecified atom stereocenters. The van der Waals surface area contributed by atoms with Crippen LogP contribution in [-0.2, 0) is 0 Å². The minimum atomic E-state index is 0.696. The molecule has 9 aromatic carbocycles. The van der Waals surface area contributed by atoms with Crippen LogP contribution in [0.5, 0.6) is 0 Å². The Hall–Kier alpha value is -7.62. The Bertz CT molecular complexity index is 3270. The Balaban J connectivity index is 1.01. The minimum absolute atomic E-state index is 0.696. The number of aromatic nitrogens is 2. The van der Waals surface area contributed by atoms with E-state index in [2.05, 4.69) is 182 Å². The second kappa shape index (κ2) is 13.6. The maximum absolute atomic E-state index is 6.89. The normalized spacial score (nSPS) is 11.5. The predicted octanol–water partition coefficient (Wildman–Crippen LogP) is 14.7. The lowest BCUT2D eigenvalue weighted by atomic mass is 9.94. The summed E-state index contributed by atoms with van der Waals surface area (Å²) in [5.74, 6) is 0.696. The highest BCUT2D eigenvalue weighted by Gasteiger charge is 2.19. The molecule has 2 aromatic heterocycles. The molecule has 0 spiro atoms. The van der Waals surface area contributed by atoms with E-state index in [-0.39, 0.29) is 0 Å². The lowest BCUT2D eigenvalue weighted by Gasteiger charge is -2.12. The first-order valence-electron chi connectivity index (χ1n) is 19.3. The van der Waals surface area contributed by atoms with Gasteiger partial charge in [0.05, 0.1) is 11.4 Å². The van der Waals surface area contributed by atoms with E-state index < -0.39 is 0 Å². The second-order valence-electron chi connectivity index (χ2n) is 14.5. The summed E-state index contributed by atoms with van der Waals surface area (Å²) in [5, 5.41) is 7.07. The molecule has 0 amide bonds. The molecule has 3 heteroatoms. The highest BCUT2D eigenvalue weighted by atomic mass is 16.3. The molecule has 0 N–H and O–H groups in total. The summed E-state index contributed by atoms with van der Waals surface area (Å²) in [7, 11) is 0. The molecule has 11 rings (SSSR count). The molecule has 0 aliphatic carbocycles. The largest absolute Gasteiger partial charge is 0.455 e. The van der Waals surface area contributed by atoms with Crippen LogP contribution in [-0.4, -0.2) is 9.97 Å². The van der Waals surface area contributed by atoms with Gasteiger partial charge in [-0.05, 0) is 62.2 Å². The van der Waals surface area contributed by atoms with Crippen molar-refractivity contribution in [3.63, 3.8) is 0 Å². The van der Waals surface area contributed by atoms with Crippen LogP contribution >= 0.6 is 0 Å². The van der Waals surface area contributed by atoms with Gasteiger partial charge in [0.25, 0.3) is 0 Å². The number of nitrogens with zero attached hydrogens (tertiary/aromatic N) is 2. The van der Waals surface area contributed by atoms with Crippen LogP contribution in [0.4, 0.5) is 0 Å².